The van der Waals surface area contributed by atoms with Gasteiger partial charge in [-0.15, -0.1) is 0 Å². The average Bonchev–Trinajstić information content (AvgIpc) is 2.44. The van der Waals surface area contributed by atoms with Crippen LogP contribution >= 0.6 is 0 Å². The first-order valence-electron chi connectivity index (χ1n) is 7.84. The van der Waals surface area contributed by atoms with Crippen LogP contribution in [0, 0.1) is 0 Å². The molecule has 0 aromatic carbocycles. The Labute approximate surface area is 141 Å². The molecule has 6 heteroatoms. The number of carbonyl (C=O) groups is 2. The molecule has 0 bridgehead atoms. The molecule has 0 saturated heterocycles. The predicted molar refractivity (Wildman–Crippen MR) is 96.4 cm³/mol. The Balaban J connectivity index is 0. The lowest BCUT2D eigenvalue weighted by Crippen LogP contribution is -2.20. The molecule has 0 radical (unpaired) electrons. The fourth-order valence-corrected chi connectivity index (χ4v) is 2.18. The van der Waals surface area contributed by atoms with Crippen molar-refractivity contribution in [3.8, 4) is 0 Å². The van der Waals surface area contributed by atoms with E-state index in [9.17, 15) is 9.59 Å². The lowest BCUT2D eigenvalue weighted by Gasteiger charge is -2.18. The van der Waals surface area contributed by atoms with Gasteiger partial charge >= 0.3 is 0 Å². The molecule has 0 aliphatic heterocycles. The topological polar surface area (TPSA) is 92.7 Å². The van der Waals surface area contributed by atoms with Crippen LogP contribution in [0.25, 0.3) is 0 Å². The molecule has 6 nitrogen and oxygen atoms in total. The monoisotopic (exact) mass is 326 g/mol. The summed E-state index contributed by atoms with van der Waals surface area (Å²) < 4.78 is 0. The van der Waals surface area contributed by atoms with Gasteiger partial charge in [-0.25, -0.2) is 0 Å². The van der Waals surface area contributed by atoms with Gasteiger partial charge in [-0.05, 0) is 26.7 Å². The van der Waals surface area contributed by atoms with Crippen LogP contribution in [0.5, 0.6) is 0 Å². The van der Waals surface area contributed by atoms with Crippen molar-refractivity contribution in [2.45, 2.75) is 47.0 Å². The number of allylic oxidation sites excluding steroid dienone is 2. The molecule has 0 fully saturated rings. The van der Waals surface area contributed by atoms with Gasteiger partial charge in [0.2, 0.25) is 11.8 Å². The van der Waals surface area contributed by atoms with Crippen LogP contribution in [0.15, 0.2) is 22.5 Å². The van der Waals surface area contributed by atoms with Gasteiger partial charge in [0.1, 0.15) is 0 Å². The molecule has 23 heavy (non-hydrogen) atoms. The summed E-state index contributed by atoms with van der Waals surface area (Å²) in [6, 6.07) is 0. The Morgan fingerprint density at radius 3 is 1.30 bits per heavy atom. The van der Waals surface area contributed by atoms with Crippen LogP contribution in [-0.4, -0.2) is 49.8 Å². The number of primary amides is 2. The molecule has 0 spiro atoms. The molecule has 4 N–H and O–H groups in total. The summed E-state index contributed by atoms with van der Waals surface area (Å²) in [6.07, 6.45) is 2.77. The van der Waals surface area contributed by atoms with Crippen LogP contribution in [-0.2, 0) is 9.59 Å². The van der Waals surface area contributed by atoms with E-state index in [0.717, 1.165) is 30.7 Å². The first kappa shape index (κ1) is 23.3. The first-order chi connectivity index (χ1) is 10.5. The van der Waals surface area contributed by atoms with Gasteiger partial charge in [-0.2, -0.15) is 0 Å². The predicted octanol–water partition coefficient (Wildman–Crippen LogP) is 1.82. The van der Waals surface area contributed by atoms with Crippen molar-refractivity contribution >= 4 is 11.8 Å². The molecule has 0 rings (SSSR count). The van der Waals surface area contributed by atoms with E-state index >= 15 is 0 Å². The summed E-state index contributed by atoms with van der Waals surface area (Å²) in [5.41, 5.74) is 13.7. The Kier molecular flexibility index (Phi) is 11.7. The molecule has 0 heterocycles. The molecule has 0 atom stereocenters. The summed E-state index contributed by atoms with van der Waals surface area (Å²) in [7, 11) is 7.67. The van der Waals surface area contributed by atoms with E-state index in [1.165, 1.54) is 0 Å². The summed E-state index contributed by atoms with van der Waals surface area (Å²) >= 11 is 0. The van der Waals surface area contributed by atoms with Crippen LogP contribution in [0.4, 0.5) is 0 Å². The molecular formula is C17H34N4O2. The van der Waals surface area contributed by atoms with Crippen LogP contribution < -0.4 is 11.5 Å². The summed E-state index contributed by atoms with van der Waals surface area (Å²) in [4.78, 5) is 25.5. The minimum Gasteiger partial charge on any atom is -0.381 e. The quantitative estimate of drug-likeness (QED) is 0.698. The van der Waals surface area contributed by atoms with Crippen molar-refractivity contribution in [2.24, 2.45) is 11.5 Å². The largest absolute Gasteiger partial charge is 0.381 e. The molecule has 0 saturated carbocycles. The van der Waals surface area contributed by atoms with Gasteiger partial charge < -0.3 is 21.3 Å². The molecule has 2 amide bonds. The normalized spacial score (nSPS) is 12.3. The number of hydrogen-bond donors (Lipinski definition) is 2. The second-order valence-corrected chi connectivity index (χ2v) is 5.76. The average molecular weight is 326 g/mol. The molecular weight excluding hydrogens is 292 g/mol. The molecule has 0 unspecified atom stereocenters. The van der Waals surface area contributed by atoms with E-state index in [1.54, 1.807) is 13.8 Å². The number of hydrogen-bond acceptors (Lipinski definition) is 4. The molecule has 0 aliphatic rings. The first-order valence-corrected chi connectivity index (χ1v) is 7.84. The Bertz CT molecular complexity index is 463. The third-order valence-corrected chi connectivity index (χ3v) is 3.51. The highest BCUT2D eigenvalue weighted by Gasteiger charge is 2.08. The molecule has 0 aromatic rings. The van der Waals surface area contributed by atoms with Crippen LogP contribution in [0.1, 0.15) is 47.0 Å². The van der Waals surface area contributed by atoms with Gasteiger partial charge in [0.15, 0.2) is 0 Å². The minimum absolute atomic E-state index is 0.327. The van der Waals surface area contributed by atoms with Crippen molar-refractivity contribution in [1.82, 2.24) is 9.80 Å². The highest BCUT2D eigenvalue weighted by Crippen LogP contribution is 2.12. The van der Waals surface area contributed by atoms with Crippen molar-refractivity contribution in [3.05, 3.63) is 22.5 Å². The SMILES string of the molecule is CC/C(=C(/C)C(N)=O)N(C)C.CCC/C(=C(/C)C(N)=O)N(C)C. The molecule has 134 valence electrons. The maximum atomic E-state index is 10.9. The van der Waals surface area contributed by atoms with Crippen molar-refractivity contribution in [3.63, 3.8) is 0 Å². The second kappa shape index (κ2) is 11.6. The number of rotatable bonds is 7. The highest BCUT2D eigenvalue weighted by atomic mass is 16.1. The van der Waals surface area contributed by atoms with Gasteiger partial charge in [0.25, 0.3) is 0 Å². The third kappa shape index (κ3) is 8.90. The number of nitrogens with zero attached hydrogens (tertiary/aromatic N) is 2. The van der Waals surface area contributed by atoms with Crippen molar-refractivity contribution in [2.75, 3.05) is 28.2 Å². The van der Waals surface area contributed by atoms with E-state index in [2.05, 4.69) is 6.92 Å². The zero-order valence-electron chi connectivity index (χ0n) is 16.0. The molecule has 0 aromatic heterocycles. The maximum Gasteiger partial charge on any atom is 0.246 e. The third-order valence-electron chi connectivity index (χ3n) is 3.51. The van der Waals surface area contributed by atoms with Gasteiger partial charge in [-0.3, -0.25) is 9.59 Å². The Hall–Kier alpha value is -1.98. The maximum absolute atomic E-state index is 10.9. The Morgan fingerprint density at radius 1 is 0.783 bits per heavy atom. The number of nitrogens with two attached hydrogens (primary N) is 2. The summed E-state index contributed by atoms with van der Waals surface area (Å²) in [5, 5.41) is 0. The zero-order chi connectivity index (χ0) is 18.7. The van der Waals surface area contributed by atoms with E-state index in [4.69, 9.17) is 11.5 Å². The van der Waals surface area contributed by atoms with Gasteiger partial charge in [0, 0.05) is 50.7 Å². The standard InChI is InChI=1S/C9H18N2O.C8H16N2O/c1-5-6-8(11(3)4)7(2)9(10)12;1-5-7(10(3)4)6(2)8(9)11/h5-6H2,1-4H3,(H2,10,12);5H2,1-4H3,(H2,9,11)/b8-7+;7-6+. The summed E-state index contributed by atoms with van der Waals surface area (Å²) in [6.45, 7) is 7.61. The van der Waals surface area contributed by atoms with Crippen molar-refractivity contribution < 1.29 is 9.59 Å². The second-order valence-electron chi connectivity index (χ2n) is 5.76. The van der Waals surface area contributed by atoms with Crippen molar-refractivity contribution in [1.29, 1.82) is 0 Å². The van der Waals surface area contributed by atoms with Crippen LogP contribution in [0.3, 0.4) is 0 Å². The lowest BCUT2D eigenvalue weighted by molar-refractivity contribution is -0.115. The van der Waals surface area contributed by atoms with E-state index in [0.29, 0.717) is 11.1 Å². The number of amides is 2. The minimum atomic E-state index is -0.337. The van der Waals surface area contributed by atoms with E-state index in [1.807, 2.05) is 44.9 Å². The number of carbonyl (C=O) groups excluding carboxylic acids is 2. The fraction of sp³-hybridized carbons (Fsp3) is 0.647. The molecule has 0 aliphatic carbocycles. The van der Waals surface area contributed by atoms with Gasteiger partial charge in [0.05, 0.1) is 0 Å². The van der Waals surface area contributed by atoms with Gasteiger partial charge in [-0.1, -0.05) is 20.3 Å². The summed E-state index contributed by atoms with van der Waals surface area (Å²) in [5.74, 6) is -0.664. The van der Waals surface area contributed by atoms with E-state index < -0.39 is 0 Å². The highest BCUT2D eigenvalue weighted by molar-refractivity contribution is 5.92. The van der Waals surface area contributed by atoms with Crippen LogP contribution in [0.2, 0.25) is 0 Å². The fourth-order valence-electron chi connectivity index (χ4n) is 2.18. The lowest BCUT2D eigenvalue weighted by atomic mass is 10.1. The zero-order valence-corrected chi connectivity index (χ0v) is 16.0. The Morgan fingerprint density at radius 2 is 1.13 bits per heavy atom. The smallest absolute Gasteiger partial charge is 0.246 e. The van der Waals surface area contributed by atoms with E-state index in [-0.39, 0.29) is 11.8 Å².